The second kappa shape index (κ2) is 6.51. The molecule has 1 amide bonds. The number of aryl methyl sites for hydroxylation is 1. The van der Waals surface area contributed by atoms with Crippen LogP contribution in [-0.2, 0) is 4.79 Å². The molecule has 0 aliphatic carbocycles. The number of nitrogens with zero attached hydrogens (tertiary/aromatic N) is 3. The largest absolute Gasteiger partial charge is 0.475 e. The summed E-state index contributed by atoms with van der Waals surface area (Å²) in [6, 6.07) is 10.0. The van der Waals surface area contributed by atoms with E-state index >= 15 is 0 Å². The fourth-order valence-electron chi connectivity index (χ4n) is 2.25. The molecule has 1 aliphatic rings. The van der Waals surface area contributed by atoms with Crippen LogP contribution in [0.15, 0.2) is 30.3 Å². The average molecular weight is 314 g/mol. The van der Waals surface area contributed by atoms with Crippen LogP contribution in [0.25, 0.3) is 0 Å². The number of ether oxygens (including phenoxy) is 2. The van der Waals surface area contributed by atoms with Crippen LogP contribution in [0.1, 0.15) is 5.82 Å². The van der Waals surface area contributed by atoms with Crippen molar-refractivity contribution in [1.82, 2.24) is 9.97 Å². The Hall–Kier alpha value is -2.83. The number of aromatic nitrogens is 2. The molecular formula is C16H18N4O3. The molecule has 7 nitrogen and oxygen atoms in total. The minimum absolute atomic E-state index is 0.0559. The highest BCUT2D eigenvalue weighted by molar-refractivity contribution is 5.94. The molecule has 7 heteroatoms. The van der Waals surface area contributed by atoms with Crippen LogP contribution in [0.5, 0.6) is 11.6 Å². The predicted octanol–water partition coefficient (Wildman–Crippen LogP) is 1.63. The predicted molar refractivity (Wildman–Crippen MR) is 86.1 cm³/mol. The molecular weight excluding hydrogens is 296 g/mol. The second-order valence-corrected chi connectivity index (χ2v) is 5.20. The summed E-state index contributed by atoms with van der Waals surface area (Å²) in [6.07, 6.45) is 0. The highest BCUT2D eigenvalue weighted by Crippen LogP contribution is 2.34. The molecule has 0 unspecified atom stereocenters. The van der Waals surface area contributed by atoms with Gasteiger partial charge in [-0.25, -0.2) is 4.98 Å². The average Bonchev–Trinajstić information content (AvgIpc) is 2.55. The normalized spacial score (nSPS) is 12.9. The Bertz CT molecular complexity index is 706. The zero-order valence-corrected chi connectivity index (χ0v) is 13.1. The molecule has 0 radical (unpaired) electrons. The number of carbonyl (C=O) groups is 1. The summed E-state index contributed by atoms with van der Waals surface area (Å²) in [5.74, 6) is 1.39. The van der Waals surface area contributed by atoms with Crippen LogP contribution in [-0.4, -0.2) is 42.7 Å². The van der Waals surface area contributed by atoms with Crippen LogP contribution >= 0.6 is 0 Å². The molecule has 2 aromatic rings. The third-order valence-electron chi connectivity index (χ3n) is 3.41. The Morgan fingerprint density at radius 2 is 2.09 bits per heavy atom. The van der Waals surface area contributed by atoms with Crippen molar-refractivity contribution in [1.29, 1.82) is 0 Å². The molecule has 0 bridgehead atoms. The van der Waals surface area contributed by atoms with E-state index in [-0.39, 0.29) is 12.5 Å². The van der Waals surface area contributed by atoms with E-state index in [9.17, 15) is 4.79 Å². The zero-order valence-electron chi connectivity index (χ0n) is 13.1. The molecule has 2 heterocycles. The third kappa shape index (κ3) is 3.50. The zero-order chi connectivity index (χ0) is 16.2. The Morgan fingerprint density at radius 3 is 2.87 bits per heavy atom. The van der Waals surface area contributed by atoms with Gasteiger partial charge in [-0.15, -0.1) is 0 Å². The summed E-state index contributed by atoms with van der Waals surface area (Å²) in [5, 5.41) is 2.66. The van der Waals surface area contributed by atoms with Gasteiger partial charge in [0.25, 0.3) is 11.8 Å². The van der Waals surface area contributed by atoms with E-state index in [0.29, 0.717) is 36.4 Å². The molecule has 120 valence electrons. The highest BCUT2D eigenvalue weighted by Gasteiger charge is 2.23. The standard InChI is InChI=1S/C16H18N4O3/c1-11-17-15-14(23-10-13(21)19-15)16(18-11)22-9-8-20(2)12-6-4-3-5-7-12/h3-7H,8-10H2,1-2H3,(H,17,18,19,21). The summed E-state index contributed by atoms with van der Waals surface area (Å²) >= 11 is 0. The second-order valence-electron chi connectivity index (χ2n) is 5.20. The molecule has 0 saturated carbocycles. The van der Waals surface area contributed by atoms with Crippen molar-refractivity contribution < 1.29 is 14.3 Å². The number of hydrogen-bond donors (Lipinski definition) is 1. The van der Waals surface area contributed by atoms with Crippen molar-refractivity contribution in [2.45, 2.75) is 6.92 Å². The Morgan fingerprint density at radius 1 is 1.30 bits per heavy atom. The molecule has 23 heavy (non-hydrogen) atoms. The fraction of sp³-hybridized carbons (Fsp3) is 0.312. The Labute approximate surface area is 134 Å². The van der Waals surface area contributed by atoms with Crippen LogP contribution < -0.4 is 19.7 Å². The number of fused-ring (bicyclic) bond motifs is 1. The highest BCUT2D eigenvalue weighted by atomic mass is 16.5. The van der Waals surface area contributed by atoms with Crippen LogP contribution in [0.4, 0.5) is 11.5 Å². The van der Waals surface area contributed by atoms with E-state index in [2.05, 4.69) is 20.2 Å². The molecule has 0 saturated heterocycles. The first kappa shape index (κ1) is 15.1. The van der Waals surface area contributed by atoms with Gasteiger partial charge in [-0.05, 0) is 19.1 Å². The first-order chi connectivity index (χ1) is 11.1. The Balaban J connectivity index is 1.66. The Kier molecular flexibility index (Phi) is 4.27. The number of amides is 1. The lowest BCUT2D eigenvalue weighted by atomic mass is 10.3. The van der Waals surface area contributed by atoms with Gasteiger partial charge in [-0.1, -0.05) is 18.2 Å². The number of rotatable bonds is 5. The van der Waals surface area contributed by atoms with E-state index in [1.54, 1.807) is 6.92 Å². The number of hydrogen-bond acceptors (Lipinski definition) is 6. The molecule has 1 N–H and O–H groups in total. The number of likely N-dealkylation sites (N-methyl/N-ethyl adjacent to an activating group) is 1. The molecule has 3 rings (SSSR count). The van der Waals surface area contributed by atoms with Gasteiger partial charge in [0.2, 0.25) is 5.75 Å². The first-order valence-electron chi connectivity index (χ1n) is 7.34. The van der Waals surface area contributed by atoms with E-state index in [4.69, 9.17) is 9.47 Å². The summed E-state index contributed by atoms with van der Waals surface area (Å²) in [6.45, 7) is 2.81. The van der Waals surface area contributed by atoms with Gasteiger partial charge in [0.15, 0.2) is 12.4 Å². The summed E-state index contributed by atoms with van der Waals surface area (Å²) in [7, 11) is 2.00. The van der Waals surface area contributed by atoms with Crippen molar-refractivity contribution in [2.75, 3.05) is 37.0 Å². The summed E-state index contributed by atoms with van der Waals surface area (Å²) in [4.78, 5) is 21.9. The van der Waals surface area contributed by atoms with Gasteiger partial charge >= 0.3 is 0 Å². The topological polar surface area (TPSA) is 76.6 Å². The number of nitrogens with one attached hydrogen (secondary N) is 1. The minimum atomic E-state index is -0.231. The van der Waals surface area contributed by atoms with Gasteiger partial charge in [-0.3, -0.25) is 4.79 Å². The maximum atomic E-state index is 11.4. The number of anilines is 2. The van der Waals surface area contributed by atoms with Crippen LogP contribution in [0.3, 0.4) is 0 Å². The van der Waals surface area contributed by atoms with Gasteiger partial charge in [0, 0.05) is 12.7 Å². The van der Waals surface area contributed by atoms with E-state index in [1.165, 1.54) is 0 Å². The van der Waals surface area contributed by atoms with Crippen LogP contribution in [0.2, 0.25) is 0 Å². The van der Waals surface area contributed by atoms with Crippen LogP contribution in [0, 0.1) is 6.92 Å². The fourth-order valence-corrected chi connectivity index (χ4v) is 2.25. The van der Waals surface area contributed by atoms with Crippen molar-refractivity contribution >= 4 is 17.4 Å². The molecule has 1 aromatic carbocycles. The maximum absolute atomic E-state index is 11.4. The summed E-state index contributed by atoms with van der Waals surface area (Å²) in [5.41, 5.74) is 1.11. The number of benzene rings is 1. The molecule has 0 fully saturated rings. The molecule has 1 aromatic heterocycles. The van der Waals surface area contributed by atoms with E-state index in [0.717, 1.165) is 5.69 Å². The smallest absolute Gasteiger partial charge is 0.263 e. The molecule has 0 atom stereocenters. The van der Waals surface area contributed by atoms with Gasteiger partial charge in [0.1, 0.15) is 12.4 Å². The quantitative estimate of drug-likeness (QED) is 0.904. The van der Waals surface area contributed by atoms with E-state index < -0.39 is 0 Å². The minimum Gasteiger partial charge on any atom is -0.475 e. The van der Waals surface area contributed by atoms with E-state index in [1.807, 2.05) is 37.4 Å². The third-order valence-corrected chi connectivity index (χ3v) is 3.41. The van der Waals surface area contributed by atoms with Crippen molar-refractivity contribution in [3.8, 4) is 11.6 Å². The SMILES string of the molecule is Cc1nc2c(c(OCCN(C)c3ccccc3)n1)OCC(=O)N2. The molecule has 1 aliphatic heterocycles. The lowest BCUT2D eigenvalue weighted by Crippen LogP contribution is -2.28. The lowest BCUT2D eigenvalue weighted by Gasteiger charge is -2.21. The molecule has 0 spiro atoms. The maximum Gasteiger partial charge on any atom is 0.263 e. The van der Waals surface area contributed by atoms with Gasteiger partial charge < -0.3 is 19.7 Å². The van der Waals surface area contributed by atoms with Crippen molar-refractivity contribution in [2.24, 2.45) is 0 Å². The van der Waals surface area contributed by atoms with Crippen molar-refractivity contribution in [3.05, 3.63) is 36.2 Å². The van der Waals surface area contributed by atoms with Gasteiger partial charge in [0.05, 0.1) is 6.54 Å². The van der Waals surface area contributed by atoms with Crippen molar-refractivity contribution in [3.63, 3.8) is 0 Å². The lowest BCUT2D eigenvalue weighted by molar-refractivity contribution is -0.118. The first-order valence-corrected chi connectivity index (χ1v) is 7.34. The summed E-state index contributed by atoms with van der Waals surface area (Å²) < 4.78 is 11.1. The number of carbonyl (C=O) groups excluding carboxylic acids is 1. The monoisotopic (exact) mass is 314 g/mol. The van der Waals surface area contributed by atoms with Gasteiger partial charge in [-0.2, -0.15) is 4.98 Å². The number of para-hydroxylation sites is 1.